The molecule has 0 unspecified atom stereocenters. The van der Waals surface area contributed by atoms with Gasteiger partial charge >= 0.3 is 0 Å². The Morgan fingerprint density at radius 2 is 2.00 bits per heavy atom. The van der Waals surface area contributed by atoms with E-state index >= 15 is 0 Å². The number of nitrogens with two attached hydrogens (primary N) is 1. The van der Waals surface area contributed by atoms with Crippen LogP contribution in [-0.4, -0.2) is 35.6 Å². The Kier molecular flexibility index (Phi) is 7.27. The molecule has 0 aliphatic rings. The summed E-state index contributed by atoms with van der Waals surface area (Å²) >= 11 is 0. The molecule has 7 heteroatoms. The first-order valence-corrected chi connectivity index (χ1v) is 3.91. The predicted molar refractivity (Wildman–Crippen MR) is 45.4 cm³/mol. The zero-order valence-corrected chi connectivity index (χ0v) is 7.20. The highest BCUT2D eigenvalue weighted by Gasteiger charge is 2.14. The quantitative estimate of drug-likeness (QED) is 0.220. The van der Waals surface area contributed by atoms with Gasteiger partial charge in [-0.25, -0.2) is 5.90 Å². The van der Waals surface area contributed by atoms with Crippen molar-refractivity contribution in [3.8, 4) is 0 Å². The molecule has 0 fully saturated rings. The molecule has 0 amide bonds. The van der Waals surface area contributed by atoms with E-state index < -0.39 is 12.2 Å². The van der Waals surface area contributed by atoms with Crippen LogP contribution < -0.4 is 5.90 Å². The maximum Gasteiger partial charge on any atom is 0.0821 e. The van der Waals surface area contributed by atoms with Gasteiger partial charge in [0.25, 0.3) is 0 Å². The van der Waals surface area contributed by atoms with Gasteiger partial charge in [-0.15, -0.1) is 0 Å². The summed E-state index contributed by atoms with van der Waals surface area (Å²) in [6.45, 7) is 0.345. The van der Waals surface area contributed by atoms with Crippen molar-refractivity contribution in [3.05, 3.63) is 10.4 Å². The third-order valence-electron chi connectivity index (χ3n) is 1.56. The van der Waals surface area contributed by atoms with Gasteiger partial charge in [0.05, 0.1) is 18.8 Å². The van der Waals surface area contributed by atoms with Crippen LogP contribution in [0.15, 0.2) is 5.11 Å². The van der Waals surface area contributed by atoms with Gasteiger partial charge in [0.1, 0.15) is 0 Å². The molecule has 0 aromatic carbocycles. The van der Waals surface area contributed by atoms with Crippen LogP contribution in [0.25, 0.3) is 10.4 Å². The second kappa shape index (κ2) is 7.78. The molecule has 13 heavy (non-hydrogen) atoms. The Labute approximate surface area is 75.7 Å². The number of hydrogen-bond donors (Lipinski definition) is 3. The van der Waals surface area contributed by atoms with Gasteiger partial charge in [0.15, 0.2) is 0 Å². The van der Waals surface area contributed by atoms with Gasteiger partial charge in [-0.2, -0.15) is 0 Å². The number of nitrogens with zero attached hydrogens (tertiary/aromatic N) is 3. The van der Waals surface area contributed by atoms with Crippen LogP contribution in [0, 0.1) is 0 Å². The molecule has 0 aliphatic carbocycles. The summed E-state index contributed by atoms with van der Waals surface area (Å²) in [5, 5.41) is 21.7. The average Bonchev–Trinajstić information content (AvgIpc) is 2.14. The molecule has 0 saturated heterocycles. The van der Waals surface area contributed by atoms with Crippen LogP contribution in [0.4, 0.5) is 0 Å². The van der Waals surface area contributed by atoms with Gasteiger partial charge < -0.3 is 15.1 Å². The fourth-order valence-electron chi connectivity index (χ4n) is 0.808. The van der Waals surface area contributed by atoms with E-state index in [1.165, 1.54) is 0 Å². The Bertz CT molecular complexity index is 171. The van der Waals surface area contributed by atoms with Crippen LogP contribution in [0.2, 0.25) is 0 Å². The van der Waals surface area contributed by atoms with Crippen molar-refractivity contribution in [1.82, 2.24) is 0 Å². The van der Waals surface area contributed by atoms with Gasteiger partial charge in [-0.1, -0.05) is 5.11 Å². The lowest BCUT2D eigenvalue weighted by atomic mass is 10.1. The average molecular weight is 190 g/mol. The van der Waals surface area contributed by atoms with Crippen molar-refractivity contribution in [3.63, 3.8) is 0 Å². The van der Waals surface area contributed by atoms with E-state index in [4.69, 9.17) is 11.4 Å². The smallest absolute Gasteiger partial charge is 0.0821 e. The first kappa shape index (κ1) is 12.2. The predicted octanol–water partition coefficient (Wildman–Crippen LogP) is -0.311. The van der Waals surface area contributed by atoms with Crippen molar-refractivity contribution in [2.75, 3.05) is 13.2 Å². The normalized spacial score (nSPS) is 14.7. The SMILES string of the molecule is [N-]=[N+]=NCC[C@@H](O)[C@H](O)CCON. The van der Waals surface area contributed by atoms with E-state index in [9.17, 15) is 10.2 Å². The second-order valence-corrected chi connectivity index (χ2v) is 2.54. The fraction of sp³-hybridized carbons (Fsp3) is 1.00. The van der Waals surface area contributed by atoms with E-state index in [1.807, 2.05) is 0 Å². The van der Waals surface area contributed by atoms with E-state index in [2.05, 4.69) is 14.9 Å². The van der Waals surface area contributed by atoms with Crippen molar-refractivity contribution in [1.29, 1.82) is 0 Å². The van der Waals surface area contributed by atoms with Crippen LogP contribution >= 0.6 is 0 Å². The van der Waals surface area contributed by atoms with E-state index in [1.54, 1.807) is 0 Å². The zero-order valence-electron chi connectivity index (χ0n) is 7.20. The molecule has 76 valence electrons. The lowest BCUT2D eigenvalue weighted by Crippen LogP contribution is -2.28. The highest BCUT2D eigenvalue weighted by Crippen LogP contribution is 2.03. The lowest BCUT2D eigenvalue weighted by Gasteiger charge is -2.15. The highest BCUT2D eigenvalue weighted by atomic mass is 16.6. The largest absolute Gasteiger partial charge is 0.390 e. The molecule has 0 spiro atoms. The van der Waals surface area contributed by atoms with Crippen molar-refractivity contribution < 1.29 is 15.1 Å². The molecular formula is C6H14N4O3. The molecule has 0 aromatic rings. The molecule has 0 saturated carbocycles. The first-order valence-electron chi connectivity index (χ1n) is 3.91. The van der Waals surface area contributed by atoms with Crippen LogP contribution in [-0.2, 0) is 4.84 Å². The van der Waals surface area contributed by atoms with E-state index in [0.717, 1.165) is 0 Å². The molecule has 0 rings (SSSR count). The van der Waals surface area contributed by atoms with Gasteiger partial charge in [0.2, 0.25) is 0 Å². The third-order valence-corrected chi connectivity index (χ3v) is 1.56. The zero-order chi connectivity index (χ0) is 10.1. The van der Waals surface area contributed by atoms with Crippen molar-refractivity contribution in [2.24, 2.45) is 11.0 Å². The molecule has 0 bridgehead atoms. The highest BCUT2D eigenvalue weighted by molar-refractivity contribution is 4.68. The summed E-state index contributed by atoms with van der Waals surface area (Å²) in [4.78, 5) is 6.75. The molecular weight excluding hydrogens is 176 g/mol. The monoisotopic (exact) mass is 190 g/mol. The number of hydrogen-bond acceptors (Lipinski definition) is 5. The van der Waals surface area contributed by atoms with Gasteiger partial charge in [0, 0.05) is 17.9 Å². The number of aliphatic hydroxyl groups is 2. The molecule has 0 aliphatic heterocycles. The molecule has 2 atom stereocenters. The summed E-state index contributed by atoms with van der Waals surface area (Å²) in [7, 11) is 0. The Balaban J connectivity index is 3.55. The fourth-order valence-corrected chi connectivity index (χ4v) is 0.808. The summed E-state index contributed by atoms with van der Waals surface area (Å²) in [5.74, 6) is 4.74. The maximum absolute atomic E-state index is 9.24. The molecule has 7 nitrogen and oxygen atoms in total. The Hall–Kier alpha value is -0.850. The van der Waals surface area contributed by atoms with Crippen LogP contribution in [0.5, 0.6) is 0 Å². The number of azide groups is 1. The minimum absolute atomic E-state index is 0.165. The summed E-state index contributed by atoms with van der Waals surface area (Å²) in [5.41, 5.74) is 7.94. The maximum atomic E-state index is 9.24. The van der Waals surface area contributed by atoms with Crippen LogP contribution in [0.3, 0.4) is 0 Å². The van der Waals surface area contributed by atoms with Crippen molar-refractivity contribution in [2.45, 2.75) is 25.0 Å². The Morgan fingerprint density at radius 1 is 1.38 bits per heavy atom. The molecule has 0 heterocycles. The van der Waals surface area contributed by atoms with E-state index in [0.29, 0.717) is 0 Å². The Morgan fingerprint density at radius 3 is 2.54 bits per heavy atom. The lowest BCUT2D eigenvalue weighted by molar-refractivity contribution is -0.00718. The second-order valence-electron chi connectivity index (χ2n) is 2.54. The van der Waals surface area contributed by atoms with Gasteiger partial charge in [-0.05, 0) is 12.0 Å². The third kappa shape index (κ3) is 6.32. The minimum atomic E-state index is -0.902. The molecule has 4 N–H and O–H groups in total. The summed E-state index contributed by atoms with van der Waals surface area (Å²) in [6.07, 6.45) is -1.30. The molecule has 0 aromatic heterocycles. The summed E-state index contributed by atoms with van der Waals surface area (Å²) < 4.78 is 0. The topological polar surface area (TPSA) is 124 Å². The molecule has 0 radical (unpaired) electrons. The van der Waals surface area contributed by atoms with E-state index in [-0.39, 0.29) is 26.0 Å². The van der Waals surface area contributed by atoms with Crippen molar-refractivity contribution >= 4 is 0 Å². The first-order chi connectivity index (χ1) is 6.22. The van der Waals surface area contributed by atoms with Crippen LogP contribution in [0.1, 0.15) is 12.8 Å². The van der Waals surface area contributed by atoms with Gasteiger partial charge in [-0.3, -0.25) is 0 Å². The number of aliphatic hydroxyl groups excluding tert-OH is 2. The summed E-state index contributed by atoms with van der Waals surface area (Å²) in [6, 6.07) is 0. The minimum Gasteiger partial charge on any atom is -0.390 e. The standard InChI is InChI=1S/C6H14N4O3/c7-10-9-3-1-5(11)6(12)2-4-13-8/h5-6,11-12H,1-4,8H2/t5-,6-/m1/s1. The number of rotatable bonds is 7.